The molecular formula is C9H13N3O4S. The van der Waals surface area contributed by atoms with E-state index in [9.17, 15) is 14.4 Å². The summed E-state index contributed by atoms with van der Waals surface area (Å²) in [7, 11) is 0. The van der Waals surface area contributed by atoms with E-state index in [1.165, 1.54) is 0 Å². The molecule has 94 valence electrons. The Labute approximate surface area is 101 Å². The van der Waals surface area contributed by atoms with Crippen molar-refractivity contribution in [1.82, 2.24) is 15.2 Å². The molecule has 1 aromatic rings. The van der Waals surface area contributed by atoms with Crippen LogP contribution in [0.3, 0.4) is 0 Å². The van der Waals surface area contributed by atoms with Crippen molar-refractivity contribution in [3.63, 3.8) is 0 Å². The molecule has 0 saturated heterocycles. The van der Waals surface area contributed by atoms with E-state index in [2.05, 4.69) is 10.2 Å². The van der Waals surface area contributed by atoms with Crippen LogP contribution in [0.15, 0.2) is 14.6 Å². The van der Waals surface area contributed by atoms with Gasteiger partial charge in [-0.2, -0.15) is 5.10 Å². The minimum Gasteiger partial charge on any atom is -0.465 e. The zero-order chi connectivity index (χ0) is 12.8. The van der Waals surface area contributed by atoms with Crippen LogP contribution in [0.4, 0.5) is 0 Å². The van der Waals surface area contributed by atoms with Crippen LogP contribution in [0.1, 0.15) is 20.3 Å². The fourth-order valence-corrected chi connectivity index (χ4v) is 1.94. The molecule has 0 aromatic carbocycles. The Morgan fingerprint density at radius 2 is 2.18 bits per heavy atom. The number of carbonyl (C=O) groups excluding carboxylic acids is 1. The highest BCUT2D eigenvalue weighted by Gasteiger charge is 2.21. The molecule has 1 unspecified atom stereocenters. The summed E-state index contributed by atoms with van der Waals surface area (Å²) in [5, 5.41) is 5.23. The normalized spacial score (nSPS) is 12.1. The molecule has 0 amide bonds. The SMILES string of the molecule is CCOC(=O)C(CC)Sc1n[nH]c(=O)[nH]c1=O. The quantitative estimate of drug-likeness (QED) is 0.564. The number of rotatable bonds is 5. The van der Waals surface area contributed by atoms with Crippen molar-refractivity contribution in [3.8, 4) is 0 Å². The van der Waals surface area contributed by atoms with E-state index in [4.69, 9.17) is 4.74 Å². The molecule has 0 bridgehead atoms. The predicted molar refractivity (Wildman–Crippen MR) is 62.0 cm³/mol. The van der Waals surface area contributed by atoms with Crippen LogP contribution >= 0.6 is 11.8 Å². The molecular weight excluding hydrogens is 246 g/mol. The van der Waals surface area contributed by atoms with Crippen LogP contribution in [0.25, 0.3) is 0 Å². The van der Waals surface area contributed by atoms with Crippen molar-refractivity contribution < 1.29 is 9.53 Å². The van der Waals surface area contributed by atoms with Gasteiger partial charge < -0.3 is 4.74 Å². The zero-order valence-corrected chi connectivity index (χ0v) is 10.3. The van der Waals surface area contributed by atoms with Crippen LogP contribution in [0.2, 0.25) is 0 Å². The fourth-order valence-electron chi connectivity index (χ4n) is 1.08. The highest BCUT2D eigenvalue weighted by Crippen LogP contribution is 2.20. The highest BCUT2D eigenvalue weighted by atomic mass is 32.2. The second-order valence-corrected chi connectivity index (χ2v) is 4.27. The lowest BCUT2D eigenvalue weighted by molar-refractivity contribution is -0.142. The molecule has 8 heteroatoms. The number of H-pyrrole nitrogens is 2. The molecule has 0 spiro atoms. The maximum atomic E-state index is 11.5. The summed E-state index contributed by atoms with van der Waals surface area (Å²) in [5.74, 6) is -0.396. The molecule has 0 saturated carbocycles. The summed E-state index contributed by atoms with van der Waals surface area (Å²) in [6.07, 6.45) is 0.504. The predicted octanol–water partition coefficient (Wildman–Crippen LogP) is -0.108. The van der Waals surface area contributed by atoms with Gasteiger partial charge in [-0.05, 0) is 13.3 Å². The number of aromatic amines is 2. The molecule has 0 radical (unpaired) electrons. The van der Waals surface area contributed by atoms with Gasteiger partial charge in [0.2, 0.25) is 0 Å². The molecule has 0 aliphatic rings. The van der Waals surface area contributed by atoms with Gasteiger partial charge in [-0.25, -0.2) is 9.89 Å². The zero-order valence-electron chi connectivity index (χ0n) is 9.48. The molecule has 1 heterocycles. The van der Waals surface area contributed by atoms with E-state index in [0.29, 0.717) is 6.42 Å². The van der Waals surface area contributed by atoms with Crippen molar-refractivity contribution in [2.45, 2.75) is 30.5 Å². The van der Waals surface area contributed by atoms with Crippen LogP contribution in [-0.4, -0.2) is 33.0 Å². The van der Waals surface area contributed by atoms with Crippen LogP contribution in [0.5, 0.6) is 0 Å². The van der Waals surface area contributed by atoms with Crippen LogP contribution < -0.4 is 11.2 Å². The standard InChI is InChI=1S/C9H13N3O4S/c1-3-5(8(14)16-4-2)17-7-6(13)10-9(15)12-11-7/h5H,3-4H2,1-2H3,(H2,10,12,13,15). The lowest BCUT2D eigenvalue weighted by Gasteiger charge is -2.11. The molecule has 0 aliphatic heterocycles. The second kappa shape index (κ2) is 6.24. The molecule has 0 fully saturated rings. The van der Waals surface area contributed by atoms with Crippen molar-refractivity contribution >= 4 is 17.7 Å². The van der Waals surface area contributed by atoms with E-state index in [0.717, 1.165) is 11.8 Å². The average molecular weight is 259 g/mol. The smallest absolute Gasteiger partial charge is 0.342 e. The van der Waals surface area contributed by atoms with Gasteiger partial charge in [-0.1, -0.05) is 18.7 Å². The number of hydrogen-bond acceptors (Lipinski definition) is 6. The monoisotopic (exact) mass is 259 g/mol. The number of nitrogens with zero attached hydrogens (tertiary/aromatic N) is 1. The average Bonchev–Trinajstić information content (AvgIpc) is 2.28. The number of hydrogen-bond donors (Lipinski definition) is 2. The third kappa shape index (κ3) is 3.74. The first-order valence-corrected chi connectivity index (χ1v) is 5.98. The minimum absolute atomic E-state index is 0.0458. The molecule has 1 atom stereocenters. The third-order valence-corrected chi connectivity index (χ3v) is 3.16. The lowest BCUT2D eigenvalue weighted by Crippen LogP contribution is -2.27. The number of nitrogens with one attached hydrogen (secondary N) is 2. The van der Waals surface area contributed by atoms with E-state index in [1.54, 1.807) is 13.8 Å². The van der Waals surface area contributed by atoms with Gasteiger partial charge in [0, 0.05) is 0 Å². The second-order valence-electron chi connectivity index (χ2n) is 3.08. The van der Waals surface area contributed by atoms with Crippen LogP contribution in [-0.2, 0) is 9.53 Å². The summed E-state index contributed by atoms with van der Waals surface area (Å²) < 4.78 is 4.86. The summed E-state index contributed by atoms with van der Waals surface area (Å²) in [4.78, 5) is 35.7. The molecule has 1 aromatic heterocycles. The molecule has 2 N–H and O–H groups in total. The fraction of sp³-hybridized carbons (Fsp3) is 0.556. The van der Waals surface area contributed by atoms with Crippen molar-refractivity contribution in [2.75, 3.05) is 6.61 Å². The summed E-state index contributed by atoms with van der Waals surface area (Å²) >= 11 is 0.973. The van der Waals surface area contributed by atoms with Gasteiger partial charge in [0.25, 0.3) is 5.56 Å². The van der Waals surface area contributed by atoms with Crippen molar-refractivity contribution in [3.05, 3.63) is 20.8 Å². The molecule has 17 heavy (non-hydrogen) atoms. The van der Waals surface area contributed by atoms with Gasteiger partial charge >= 0.3 is 11.7 Å². The number of ether oxygens (including phenoxy) is 1. The Hall–Kier alpha value is -1.57. The number of thioether (sulfide) groups is 1. The molecule has 1 rings (SSSR count). The first kappa shape index (κ1) is 13.5. The van der Waals surface area contributed by atoms with E-state index >= 15 is 0 Å². The van der Waals surface area contributed by atoms with Gasteiger partial charge in [0.15, 0.2) is 5.03 Å². The molecule has 7 nitrogen and oxygen atoms in total. The van der Waals surface area contributed by atoms with Gasteiger partial charge in [-0.15, -0.1) is 0 Å². The topological polar surface area (TPSA) is 105 Å². The molecule has 0 aliphatic carbocycles. The first-order valence-electron chi connectivity index (χ1n) is 5.10. The van der Waals surface area contributed by atoms with Gasteiger partial charge in [0.1, 0.15) is 5.25 Å². The first-order chi connectivity index (χ1) is 8.08. The highest BCUT2D eigenvalue weighted by molar-refractivity contribution is 8.00. The lowest BCUT2D eigenvalue weighted by atomic mass is 10.3. The maximum absolute atomic E-state index is 11.5. The summed E-state index contributed by atoms with van der Waals surface area (Å²) in [6.45, 7) is 3.79. The maximum Gasteiger partial charge on any atom is 0.342 e. The Balaban J connectivity index is 2.84. The van der Waals surface area contributed by atoms with Crippen molar-refractivity contribution in [2.24, 2.45) is 0 Å². The van der Waals surface area contributed by atoms with Gasteiger partial charge in [0.05, 0.1) is 6.61 Å². The minimum atomic E-state index is -0.677. The largest absolute Gasteiger partial charge is 0.465 e. The summed E-state index contributed by atoms with van der Waals surface area (Å²) in [5.41, 5.74) is -1.29. The number of aromatic nitrogens is 3. The third-order valence-electron chi connectivity index (χ3n) is 1.85. The van der Waals surface area contributed by atoms with Crippen molar-refractivity contribution in [1.29, 1.82) is 0 Å². The van der Waals surface area contributed by atoms with Gasteiger partial charge in [-0.3, -0.25) is 14.6 Å². The number of carbonyl (C=O) groups is 1. The van der Waals surface area contributed by atoms with Crippen LogP contribution in [0, 0.1) is 0 Å². The Bertz CT molecular complexity index is 496. The summed E-state index contributed by atoms with van der Waals surface area (Å²) in [6, 6.07) is 0. The van der Waals surface area contributed by atoms with E-state index in [-0.39, 0.29) is 11.6 Å². The Morgan fingerprint density at radius 3 is 2.71 bits per heavy atom. The van der Waals surface area contributed by atoms with E-state index < -0.39 is 22.5 Å². The Morgan fingerprint density at radius 1 is 1.47 bits per heavy atom. The Kier molecular flexibility index (Phi) is 4.95. The number of esters is 1. The van der Waals surface area contributed by atoms with E-state index in [1.807, 2.05) is 4.98 Å².